The molecular weight excluding hydrogens is 142 g/mol. The van der Waals surface area contributed by atoms with E-state index in [0.29, 0.717) is 6.42 Å². The van der Waals surface area contributed by atoms with Crippen LogP contribution in [0.15, 0.2) is 23.4 Å². The summed E-state index contributed by atoms with van der Waals surface area (Å²) in [6.45, 7) is 0. The number of rotatable bonds is 0. The number of allylic oxidation sites excluding steroid dienone is 2. The van der Waals surface area contributed by atoms with Gasteiger partial charge in [-0.2, -0.15) is 0 Å². The van der Waals surface area contributed by atoms with Crippen molar-refractivity contribution in [2.24, 2.45) is 0 Å². The Balaban J connectivity index is 2.28. The highest BCUT2D eigenvalue weighted by atomic mass is 16.5. The Hall–Kier alpha value is -0.800. The summed E-state index contributed by atoms with van der Waals surface area (Å²) in [6.07, 6.45) is 5.76. The van der Waals surface area contributed by atoms with Gasteiger partial charge in [-0.15, -0.1) is 0 Å². The summed E-state index contributed by atoms with van der Waals surface area (Å²) in [4.78, 5) is 0. The zero-order chi connectivity index (χ0) is 7.84. The normalized spacial score (nSPS) is 29.6. The summed E-state index contributed by atoms with van der Waals surface area (Å²) >= 11 is 0. The van der Waals surface area contributed by atoms with Crippen molar-refractivity contribution in [3.8, 4) is 0 Å². The van der Waals surface area contributed by atoms with Crippen molar-refractivity contribution in [3.05, 3.63) is 23.4 Å². The molecule has 0 bridgehead atoms. The van der Waals surface area contributed by atoms with Gasteiger partial charge < -0.3 is 5.11 Å². The second-order valence-electron chi connectivity index (χ2n) is 2.96. The molecule has 1 heterocycles. The fourth-order valence-corrected chi connectivity index (χ4v) is 1.61. The molecule has 0 amide bonds. The first-order valence-corrected chi connectivity index (χ1v) is 3.84. The Labute approximate surface area is 65.2 Å². The van der Waals surface area contributed by atoms with Gasteiger partial charge in [0.1, 0.15) is 0 Å². The summed E-state index contributed by atoms with van der Waals surface area (Å²) in [6, 6.07) is 0. The Morgan fingerprint density at radius 1 is 1.55 bits per heavy atom. The maximum absolute atomic E-state index is 9.27. The number of aliphatic hydroxyl groups excluding tert-OH is 1. The first kappa shape index (κ1) is 6.88. The summed E-state index contributed by atoms with van der Waals surface area (Å²) in [5, 5.41) is 19.4. The molecule has 0 saturated heterocycles. The second kappa shape index (κ2) is 2.36. The van der Waals surface area contributed by atoms with Crippen molar-refractivity contribution in [1.29, 1.82) is 0 Å². The van der Waals surface area contributed by atoms with Crippen LogP contribution in [0.4, 0.5) is 0 Å². The maximum atomic E-state index is 9.27. The van der Waals surface area contributed by atoms with Crippen LogP contribution in [0.3, 0.4) is 0 Å². The van der Waals surface area contributed by atoms with Gasteiger partial charge in [0.2, 0.25) is 0 Å². The molecule has 1 aliphatic heterocycles. The van der Waals surface area contributed by atoms with Crippen LogP contribution in [0.1, 0.15) is 19.3 Å². The lowest BCUT2D eigenvalue weighted by molar-refractivity contribution is -0.153. The molecule has 1 unspecified atom stereocenters. The summed E-state index contributed by atoms with van der Waals surface area (Å²) < 4.78 is 0. The summed E-state index contributed by atoms with van der Waals surface area (Å²) in [5.74, 6) is 0. The second-order valence-corrected chi connectivity index (χ2v) is 2.96. The quantitative estimate of drug-likeness (QED) is 0.545. The number of hydroxylamine groups is 2. The van der Waals surface area contributed by atoms with Gasteiger partial charge in [-0.1, -0.05) is 6.08 Å². The summed E-state index contributed by atoms with van der Waals surface area (Å²) in [7, 11) is 0. The van der Waals surface area contributed by atoms with E-state index in [1.54, 1.807) is 0 Å². The molecule has 3 heteroatoms. The van der Waals surface area contributed by atoms with Gasteiger partial charge in [0, 0.05) is 6.42 Å². The zero-order valence-corrected chi connectivity index (χ0v) is 6.20. The van der Waals surface area contributed by atoms with Gasteiger partial charge in [-0.05, 0) is 24.5 Å². The molecule has 1 aliphatic carbocycles. The minimum atomic E-state index is -0.720. The predicted molar refractivity (Wildman–Crippen MR) is 39.6 cm³/mol. The molecule has 0 aromatic rings. The van der Waals surface area contributed by atoms with Gasteiger partial charge in [0.25, 0.3) is 0 Å². The third-order valence-electron chi connectivity index (χ3n) is 2.21. The number of aliphatic hydroxyl groups is 1. The minimum Gasteiger partial charge on any atom is -0.371 e. The average Bonchev–Trinajstić information content (AvgIpc) is 2.30. The highest BCUT2D eigenvalue weighted by molar-refractivity contribution is 5.31. The largest absolute Gasteiger partial charge is 0.371 e. The van der Waals surface area contributed by atoms with Crippen LogP contribution in [-0.4, -0.2) is 21.6 Å². The van der Waals surface area contributed by atoms with E-state index >= 15 is 0 Å². The molecule has 0 saturated carbocycles. The molecule has 3 nitrogen and oxygen atoms in total. The van der Waals surface area contributed by atoms with Crippen LogP contribution in [0.2, 0.25) is 0 Å². The van der Waals surface area contributed by atoms with Crippen LogP contribution < -0.4 is 0 Å². The Bertz CT molecular complexity index is 232. The predicted octanol–water partition coefficient (Wildman–Crippen LogP) is 1.00. The first-order valence-electron chi connectivity index (χ1n) is 3.84. The lowest BCUT2D eigenvalue weighted by Gasteiger charge is -2.16. The van der Waals surface area contributed by atoms with Crippen LogP contribution in [0.25, 0.3) is 0 Å². The molecule has 0 radical (unpaired) electrons. The van der Waals surface area contributed by atoms with Gasteiger partial charge >= 0.3 is 0 Å². The van der Waals surface area contributed by atoms with E-state index in [1.165, 1.54) is 5.57 Å². The highest BCUT2D eigenvalue weighted by Crippen LogP contribution is 2.32. The fraction of sp³-hybridized carbons (Fsp3) is 0.500. The molecule has 0 aromatic heterocycles. The van der Waals surface area contributed by atoms with E-state index in [-0.39, 0.29) is 0 Å². The molecule has 2 N–H and O–H groups in total. The van der Waals surface area contributed by atoms with Crippen molar-refractivity contribution >= 4 is 0 Å². The third-order valence-corrected chi connectivity index (χ3v) is 2.21. The van der Waals surface area contributed by atoms with Crippen molar-refractivity contribution < 1.29 is 10.3 Å². The SMILES string of the molecule is OC1CC2=C(C=CCC2)N1O. The van der Waals surface area contributed by atoms with E-state index in [4.69, 9.17) is 0 Å². The highest BCUT2D eigenvalue weighted by Gasteiger charge is 2.28. The third kappa shape index (κ3) is 0.968. The number of nitrogens with zero attached hydrogens (tertiary/aromatic N) is 1. The lowest BCUT2D eigenvalue weighted by atomic mass is 10.0. The average molecular weight is 153 g/mol. The van der Waals surface area contributed by atoms with E-state index in [9.17, 15) is 10.3 Å². The first-order chi connectivity index (χ1) is 5.29. The molecule has 2 rings (SSSR count). The van der Waals surface area contributed by atoms with Crippen molar-refractivity contribution in [2.75, 3.05) is 0 Å². The number of hydrogen-bond acceptors (Lipinski definition) is 3. The monoisotopic (exact) mass is 153 g/mol. The van der Waals surface area contributed by atoms with Gasteiger partial charge in [-0.25, -0.2) is 5.06 Å². The topological polar surface area (TPSA) is 43.7 Å². The van der Waals surface area contributed by atoms with E-state index in [1.807, 2.05) is 12.2 Å². The Morgan fingerprint density at radius 3 is 3.09 bits per heavy atom. The van der Waals surface area contributed by atoms with Crippen LogP contribution in [0.5, 0.6) is 0 Å². The molecular formula is C8H11NO2. The van der Waals surface area contributed by atoms with E-state index < -0.39 is 6.23 Å². The molecule has 0 aromatic carbocycles. The minimum absolute atomic E-state index is 0.593. The number of hydrogen-bond donors (Lipinski definition) is 2. The molecule has 0 fully saturated rings. The van der Waals surface area contributed by atoms with Gasteiger partial charge in [0.15, 0.2) is 6.23 Å². The Kier molecular flexibility index (Phi) is 1.47. The molecule has 60 valence electrons. The van der Waals surface area contributed by atoms with Crippen LogP contribution in [0, 0.1) is 0 Å². The van der Waals surface area contributed by atoms with Crippen LogP contribution >= 0.6 is 0 Å². The Morgan fingerprint density at radius 2 is 2.36 bits per heavy atom. The van der Waals surface area contributed by atoms with Crippen molar-refractivity contribution in [1.82, 2.24) is 5.06 Å². The maximum Gasteiger partial charge on any atom is 0.154 e. The molecule has 2 aliphatic rings. The zero-order valence-electron chi connectivity index (χ0n) is 6.20. The molecule has 1 atom stereocenters. The summed E-state index contributed by atoms with van der Waals surface area (Å²) in [5.41, 5.74) is 1.96. The standard InChI is InChI=1S/C8H11NO2/c10-8-5-6-3-1-2-4-7(6)9(8)11/h2,4,8,10-11H,1,3,5H2. The molecule has 0 spiro atoms. The van der Waals surface area contributed by atoms with Crippen molar-refractivity contribution in [2.45, 2.75) is 25.5 Å². The van der Waals surface area contributed by atoms with Gasteiger partial charge in [0.05, 0.1) is 5.70 Å². The van der Waals surface area contributed by atoms with Crippen molar-refractivity contribution in [3.63, 3.8) is 0 Å². The smallest absolute Gasteiger partial charge is 0.154 e. The van der Waals surface area contributed by atoms with Crippen LogP contribution in [-0.2, 0) is 0 Å². The van der Waals surface area contributed by atoms with Gasteiger partial charge in [-0.3, -0.25) is 5.21 Å². The van der Waals surface area contributed by atoms with E-state index in [2.05, 4.69) is 0 Å². The molecule has 11 heavy (non-hydrogen) atoms. The lowest BCUT2D eigenvalue weighted by Crippen LogP contribution is -2.25. The van der Waals surface area contributed by atoms with E-state index in [0.717, 1.165) is 23.6 Å². The fourth-order valence-electron chi connectivity index (χ4n) is 1.61.